The van der Waals surface area contributed by atoms with Crippen LogP contribution in [0.3, 0.4) is 0 Å². The molecule has 1 aromatic rings. The lowest BCUT2D eigenvalue weighted by Gasteiger charge is -2.47. The molecule has 0 saturated carbocycles. The molecule has 1 N–H and O–H groups in total. The molecule has 1 aromatic carbocycles. The Morgan fingerprint density at radius 1 is 1.29 bits per heavy atom. The number of aliphatic hydroxyl groups is 1. The first-order valence-corrected chi connectivity index (χ1v) is 7.02. The van der Waals surface area contributed by atoms with Crippen molar-refractivity contribution in [3.8, 4) is 0 Å². The van der Waals surface area contributed by atoms with Gasteiger partial charge in [-0.1, -0.05) is 36.4 Å². The van der Waals surface area contributed by atoms with Crippen LogP contribution in [0.4, 0.5) is 0 Å². The van der Waals surface area contributed by atoms with Gasteiger partial charge in [-0.2, -0.15) is 0 Å². The summed E-state index contributed by atoms with van der Waals surface area (Å²) in [5.74, 6) is 0. The van der Waals surface area contributed by atoms with Gasteiger partial charge in [0, 0.05) is 19.1 Å². The van der Waals surface area contributed by atoms with Crippen molar-refractivity contribution in [2.45, 2.75) is 36.8 Å². The second-order valence-electron chi connectivity index (χ2n) is 5.39. The van der Waals surface area contributed by atoms with E-state index < -0.39 is 18.2 Å². The summed E-state index contributed by atoms with van der Waals surface area (Å²) in [6.07, 6.45) is 0.106. The van der Waals surface area contributed by atoms with Gasteiger partial charge in [-0.15, -0.1) is 6.58 Å². The van der Waals surface area contributed by atoms with Crippen molar-refractivity contribution >= 4 is 0 Å². The van der Waals surface area contributed by atoms with Gasteiger partial charge in [-0.3, -0.25) is 0 Å². The van der Waals surface area contributed by atoms with E-state index >= 15 is 0 Å². The van der Waals surface area contributed by atoms with Crippen LogP contribution < -0.4 is 0 Å². The normalized spacial score (nSPS) is 39.5. The molecule has 0 spiro atoms. The van der Waals surface area contributed by atoms with Gasteiger partial charge in [0.2, 0.25) is 0 Å². The van der Waals surface area contributed by atoms with E-state index in [4.69, 9.17) is 18.9 Å². The zero-order chi connectivity index (χ0) is 14.9. The Morgan fingerprint density at radius 3 is 2.71 bits per heavy atom. The second-order valence-corrected chi connectivity index (χ2v) is 5.39. The molecule has 2 aliphatic heterocycles. The molecule has 2 saturated heterocycles. The number of methoxy groups -OCH3 is 1. The summed E-state index contributed by atoms with van der Waals surface area (Å²) in [4.78, 5) is 0. The lowest BCUT2D eigenvalue weighted by molar-refractivity contribution is -0.347. The summed E-state index contributed by atoms with van der Waals surface area (Å²) in [7, 11) is 1.50. The van der Waals surface area contributed by atoms with Crippen molar-refractivity contribution in [3.05, 3.63) is 48.6 Å². The monoisotopic (exact) mass is 292 g/mol. The number of benzene rings is 1. The van der Waals surface area contributed by atoms with E-state index in [0.29, 0.717) is 13.0 Å². The van der Waals surface area contributed by atoms with Crippen molar-refractivity contribution in [1.82, 2.24) is 0 Å². The molecule has 2 fully saturated rings. The molecule has 0 unspecified atom stereocenters. The Hall–Kier alpha value is -1.24. The van der Waals surface area contributed by atoms with Crippen LogP contribution in [0.1, 0.15) is 18.3 Å². The predicted molar refractivity (Wildman–Crippen MR) is 75.4 cm³/mol. The van der Waals surface area contributed by atoms with Crippen molar-refractivity contribution in [1.29, 1.82) is 0 Å². The number of ether oxygens (including phenoxy) is 4. The minimum Gasteiger partial charge on any atom is -0.380 e. The highest BCUT2D eigenvalue weighted by Gasteiger charge is 2.49. The molecule has 114 valence electrons. The quantitative estimate of drug-likeness (QED) is 0.861. The molecule has 0 radical (unpaired) electrons. The highest BCUT2D eigenvalue weighted by atomic mass is 16.7. The summed E-state index contributed by atoms with van der Waals surface area (Å²) in [5.41, 5.74) is -0.305. The SMILES string of the molecule is C=C[C@@]1(O)C[C@@H]2O[C@H](c3ccccc3)OC[C@H]2O[C@@H]1OC. The summed E-state index contributed by atoms with van der Waals surface area (Å²) >= 11 is 0. The Balaban J connectivity index is 1.75. The number of fused-ring (bicyclic) bond motifs is 1. The lowest BCUT2D eigenvalue weighted by atomic mass is 9.89. The fourth-order valence-corrected chi connectivity index (χ4v) is 2.80. The van der Waals surface area contributed by atoms with Crippen LogP contribution in [0.5, 0.6) is 0 Å². The molecule has 3 rings (SSSR count). The van der Waals surface area contributed by atoms with Gasteiger partial charge in [0.1, 0.15) is 11.7 Å². The van der Waals surface area contributed by atoms with Crippen molar-refractivity contribution < 1.29 is 24.1 Å². The third kappa shape index (κ3) is 2.75. The van der Waals surface area contributed by atoms with E-state index in [2.05, 4.69) is 6.58 Å². The molecule has 0 aliphatic carbocycles. The van der Waals surface area contributed by atoms with Crippen LogP contribution >= 0.6 is 0 Å². The first kappa shape index (κ1) is 14.7. The molecule has 5 nitrogen and oxygen atoms in total. The van der Waals surface area contributed by atoms with Gasteiger partial charge in [0.05, 0.1) is 12.7 Å². The first-order valence-electron chi connectivity index (χ1n) is 7.02. The van der Waals surface area contributed by atoms with Gasteiger partial charge >= 0.3 is 0 Å². The van der Waals surface area contributed by atoms with Gasteiger partial charge in [-0.25, -0.2) is 0 Å². The number of rotatable bonds is 3. The minimum atomic E-state index is -1.26. The standard InChI is InChI=1S/C16H20O5/c1-3-16(17)9-12-13(21-15(16)18-2)10-19-14(20-12)11-7-5-4-6-8-11/h3-8,12-15,17H,1,9-10H2,2H3/t12-,13+,14+,15-,16+/m0/s1. The molecule has 2 aliphatic rings. The first-order chi connectivity index (χ1) is 10.2. The van der Waals surface area contributed by atoms with Crippen LogP contribution in [0.25, 0.3) is 0 Å². The third-order valence-corrected chi connectivity index (χ3v) is 4.00. The number of hydrogen-bond donors (Lipinski definition) is 1. The average molecular weight is 292 g/mol. The average Bonchev–Trinajstić information content (AvgIpc) is 2.54. The molecule has 0 amide bonds. The van der Waals surface area contributed by atoms with Crippen LogP contribution in [0, 0.1) is 0 Å². The highest BCUT2D eigenvalue weighted by molar-refractivity contribution is 5.17. The largest absolute Gasteiger partial charge is 0.380 e. The lowest BCUT2D eigenvalue weighted by Crippen LogP contribution is -2.59. The summed E-state index contributed by atoms with van der Waals surface area (Å²) in [6, 6.07) is 9.72. The maximum Gasteiger partial charge on any atom is 0.190 e. The van der Waals surface area contributed by atoms with E-state index in [1.54, 1.807) is 0 Å². The zero-order valence-corrected chi connectivity index (χ0v) is 12.0. The smallest absolute Gasteiger partial charge is 0.190 e. The van der Waals surface area contributed by atoms with E-state index in [1.165, 1.54) is 13.2 Å². The van der Waals surface area contributed by atoms with Crippen LogP contribution in [0.15, 0.2) is 43.0 Å². The molecule has 2 heterocycles. The Kier molecular flexibility index (Phi) is 4.10. The molecular weight excluding hydrogens is 272 g/mol. The Bertz CT molecular complexity index is 491. The van der Waals surface area contributed by atoms with Crippen LogP contribution in [-0.4, -0.2) is 42.9 Å². The fraction of sp³-hybridized carbons (Fsp3) is 0.500. The van der Waals surface area contributed by atoms with E-state index in [1.807, 2.05) is 30.3 Å². The van der Waals surface area contributed by atoms with E-state index in [9.17, 15) is 5.11 Å². The number of hydrogen-bond acceptors (Lipinski definition) is 5. The van der Waals surface area contributed by atoms with Gasteiger partial charge in [0.25, 0.3) is 0 Å². The van der Waals surface area contributed by atoms with Gasteiger partial charge in [-0.05, 0) is 0 Å². The minimum absolute atomic E-state index is 0.255. The zero-order valence-electron chi connectivity index (χ0n) is 12.0. The van der Waals surface area contributed by atoms with Gasteiger partial charge < -0.3 is 24.1 Å². The molecule has 0 aromatic heterocycles. The van der Waals surface area contributed by atoms with Crippen molar-refractivity contribution in [2.75, 3.05) is 13.7 Å². The summed E-state index contributed by atoms with van der Waals surface area (Å²) in [5, 5.41) is 10.5. The van der Waals surface area contributed by atoms with E-state index in [-0.39, 0.29) is 12.2 Å². The molecular formula is C16H20O5. The van der Waals surface area contributed by atoms with Crippen molar-refractivity contribution in [2.24, 2.45) is 0 Å². The van der Waals surface area contributed by atoms with E-state index in [0.717, 1.165) is 5.56 Å². The Morgan fingerprint density at radius 2 is 2.05 bits per heavy atom. The van der Waals surface area contributed by atoms with Crippen LogP contribution in [-0.2, 0) is 18.9 Å². The maximum absolute atomic E-state index is 10.5. The molecule has 5 heteroatoms. The maximum atomic E-state index is 10.5. The second kappa shape index (κ2) is 5.87. The third-order valence-electron chi connectivity index (χ3n) is 4.00. The molecule has 21 heavy (non-hydrogen) atoms. The summed E-state index contributed by atoms with van der Waals surface area (Å²) in [6.45, 7) is 4.07. The summed E-state index contributed by atoms with van der Waals surface area (Å²) < 4.78 is 22.6. The predicted octanol–water partition coefficient (Wildman–Crippen LogP) is 1.78. The Labute approximate surface area is 124 Å². The van der Waals surface area contributed by atoms with Crippen molar-refractivity contribution in [3.63, 3.8) is 0 Å². The molecule has 5 atom stereocenters. The topological polar surface area (TPSA) is 57.2 Å². The fourth-order valence-electron chi connectivity index (χ4n) is 2.80. The molecule has 0 bridgehead atoms. The highest BCUT2D eigenvalue weighted by Crippen LogP contribution is 2.38. The van der Waals surface area contributed by atoms with Gasteiger partial charge in [0.15, 0.2) is 12.6 Å². The van der Waals surface area contributed by atoms with Crippen LogP contribution in [0.2, 0.25) is 0 Å².